The standard InChI is InChI=1S/C18H23N5O3S2/c1-11(27-17-22-21-16(28-17)19-9-10-26-4)14(24)23-13-8-6-5-7-12(13)20-15(25)18(23,2)3/h5-8,11H,9-10H2,1-4H3,(H,19,21)(H,20,25)/t11-/m1/s1. The van der Waals surface area contributed by atoms with E-state index in [1.54, 1.807) is 31.9 Å². The van der Waals surface area contributed by atoms with Gasteiger partial charge in [0.05, 0.1) is 23.2 Å². The van der Waals surface area contributed by atoms with Gasteiger partial charge < -0.3 is 15.4 Å². The summed E-state index contributed by atoms with van der Waals surface area (Å²) in [5.74, 6) is -0.362. The molecule has 2 N–H and O–H groups in total. The molecule has 150 valence electrons. The average molecular weight is 422 g/mol. The minimum absolute atomic E-state index is 0.151. The third-order valence-corrected chi connectivity index (χ3v) is 6.40. The van der Waals surface area contributed by atoms with Gasteiger partial charge in [-0.25, -0.2) is 0 Å². The SMILES string of the molecule is COCCNc1nnc(S[C@H](C)C(=O)N2c3ccccc3NC(=O)C2(C)C)s1. The zero-order chi connectivity index (χ0) is 20.3. The maximum absolute atomic E-state index is 13.3. The van der Waals surface area contributed by atoms with Crippen molar-refractivity contribution in [2.45, 2.75) is 35.9 Å². The first-order valence-electron chi connectivity index (χ1n) is 8.82. The van der Waals surface area contributed by atoms with Crippen LogP contribution in [0.3, 0.4) is 0 Å². The largest absolute Gasteiger partial charge is 0.383 e. The van der Waals surface area contributed by atoms with Crippen LogP contribution in [0.5, 0.6) is 0 Å². The van der Waals surface area contributed by atoms with Crippen molar-refractivity contribution >= 4 is 51.4 Å². The second-order valence-corrected chi connectivity index (χ2v) is 9.32. The summed E-state index contributed by atoms with van der Waals surface area (Å²) < 4.78 is 5.68. The van der Waals surface area contributed by atoms with Crippen molar-refractivity contribution in [1.29, 1.82) is 0 Å². The molecule has 0 radical (unpaired) electrons. The molecule has 0 fully saturated rings. The van der Waals surface area contributed by atoms with Crippen molar-refractivity contribution in [2.75, 3.05) is 35.8 Å². The van der Waals surface area contributed by atoms with Crippen LogP contribution in [-0.4, -0.2) is 53.1 Å². The molecule has 2 amide bonds. The molecule has 0 saturated heterocycles. The molecule has 0 spiro atoms. The van der Waals surface area contributed by atoms with E-state index in [4.69, 9.17) is 4.74 Å². The van der Waals surface area contributed by atoms with Crippen molar-refractivity contribution in [3.8, 4) is 0 Å². The Kier molecular flexibility index (Phi) is 6.21. The summed E-state index contributed by atoms with van der Waals surface area (Å²) >= 11 is 2.72. The van der Waals surface area contributed by atoms with Gasteiger partial charge in [0.15, 0.2) is 4.34 Å². The van der Waals surface area contributed by atoms with E-state index in [0.717, 1.165) is 0 Å². The number of carbonyl (C=O) groups is 2. The van der Waals surface area contributed by atoms with Crippen LogP contribution in [0.4, 0.5) is 16.5 Å². The Morgan fingerprint density at radius 2 is 2.14 bits per heavy atom. The first kappa shape index (κ1) is 20.6. The van der Waals surface area contributed by atoms with E-state index in [2.05, 4.69) is 20.8 Å². The number of thioether (sulfide) groups is 1. The second-order valence-electron chi connectivity index (χ2n) is 6.76. The fourth-order valence-electron chi connectivity index (χ4n) is 2.82. The summed E-state index contributed by atoms with van der Waals surface area (Å²) in [6.07, 6.45) is 0. The molecule has 1 aliphatic rings. The Morgan fingerprint density at radius 1 is 1.39 bits per heavy atom. The summed E-state index contributed by atoms with van der Waals surface area (Å²) in [4.78, 5) is 27.4. The third-order valence-electron chi connectivity index (χ3n) is 4.34. The number of nitrogens with zero attached hydrogens (tertiary/aromatic N) is 3. The van der Waals surface area contributed by atoms with Crippen molar-refractivity contribution in [1.82, 2.24) is 10.2 Å². The number of amides is 2. The van der Waals surface area contributed by atoms with Gasteiger partial charge in [0.1, 0.15) is 5.54 Å². The number of benzene rings is 1. The molecule has 1 atom stereocenters. The molecule has 0 bridgehead atoms. The van der Waals surface area contributed by atoms with E-state index < -0.39 is 10.8 Å². The van der Waals surface area contributed by atoms with Crippen LogP contribution in [0.2, 0.25) is 0 Å². The lowest BCUT2D eigenvalue weighted by molar-refractivity contribution is -0.126. The quantitative estimate of drug-likeness (QED) is 0.524. The number of methoxy groups -OCH3 is 1. The van der Waals surface area contributed by atoms with Crippen LogP contribution < -0.4 is 15.5 Å². The van der Waals surface area contributed by atoms with E-state index in [9.17, 15) is 9.59 Å². The molecular formula is C18H23N5O3S2. The number of hydrogen-bond acceptors (Lipinski definition) is 8. The first-order valence-corrected chi connectivity index (χ1v) is 10.5. The number of carbonyl (C=O) groups excluding carboxylic acids is 2. The van der Waals surface area contributed by atoms with Gasteiger partial charge in [0.2, 0.25) is 16.9 Å². The van der Waals surface area contributed by atoms with Crippen LogP contribution in [0.25, 0.3) is 0 Å². The highest BCUT2D eigenvalue weighted by molar-refractivity contribution is 8.02. The monoisotopic (exact) mass is 421 g/mol. The van der Waals surface area contributed by atoms with E-state index in [1.165, 1.54) is 23.1 Å². The Morgan fingerprint density at radius 3 is 2.89 bits per heavy atom. The van der Waals surface area contributed by atoms with Gasteiger partial charge >= 0.3 is 0 Å². The summed E-state index contributed by atoms with van der Waals surface area (Å²) in [7, 11) is 1.64. The Labute approximate surface area is 172 Å². The summed E-state index contributed by atoms with van der Waals surface area (Å²) in [5.41, 5.74) is 0.343. The summed E-state index contributed by atoms with van der Waals surface area (Å²) in [6, 6.07) is 7.32. The van der Waals surface area contributed by atoms with Crippen LogP contribution in [0.15, 0.2) is 28.6 Å². The topological polar surface area (TPSA) is 96.4 Å². The van der Waals surface area contributed by atoms with Gasteiger partial charge in [-0.2, -0.15) is 0 Å². The number of nitrogens with one attached hydrogen (secondary N) is 2. The van der Waals surface area contributed by atoms with Gasteiger partial charge in [-0.1, -0.05) is 35.2 Å². The lowest BCUT2D eigenvalue weighted by Gasteiger charge is -2.42. The Balaban J connectivity index is 1.76. The fraction of sp³-hybridized carbons (Fsp3) is 0.444. The zero-order valence-corrected chi connectivity index (χ0v) is 17.8. The maximum atomic E-state index is 13.3. The molecule has 1 aromatic heterocycles. The van der Waals surface area contributed by atoms with Crippen LogP contribution in [-0.2, 0) is 14.3 Å². The van der Waals surface area contributed by atoms with E-state index in [1.807, 2.05) is 25.1 Å². The molecule has 28 heavy (non-hydrogen) atoms. The van der Waals surface area contributed by atoms with Gasteiger partial charge in [-0.05, 0) is 32.9 Å². The highest BCUT2D eigenvalue weighted by atomic mass is 32.2. The van der Waals surface area contributed by atoms with Crippen molar-refractivity contribution in [3.63, 3.8) is 0 Å². The molecule has 3 rings (SSSR count). The lowest BCUT2D eigenvalue weighted by Crippen LogP contribution is -2.60. The number of ether oxygens (including phenoxy) is 1. The lowest BCUT2D eigenvalue weighted by atomic mass is 9.96. The number of rotatable bonds is 7. The molecule has 0 aliphatic carbocycles. The maximum Gasteiger partial charge on any atom is 0.250 e. The smallest absolute Gasteiger partial charge is 0.250 e. The highest BCUT2D eigenvalue weighted by Gasteiger charge is 2.44. The molecule has 1 aromatic carbocycles. The molecule has 0 unspecified atom stereocenters. The van der Waals surface area contributed by atoms with Gasteiger partial charge in [0, 0.05) is 13.7 Å². The minimum Gasteiger partial charge on any atom is -0.383 e. The van der Waals surface area contributed by atoms with Crippen LogP contribution in [0, 0.1) is 0 Å². The number of aromatic nitrogens is 2. The number of fused-ring (bicyclic) bond motifs is 1. The summed E-state index contributed by atoms with van der Waals surface area (Å²) in [6.45, 7) is 6.52. The van der Waals surface area contributed by atoms with E-state index in [-0.39, 0.29) is 11.8 Å². The average Bonchev–Trinajstić information content (AvgIpc) is 3.09. The molecule has 1 aliphatic heterocycles. The van der Waals surface area contributed by atoms with Crippen molar-refractivity contribution < 1.29 is 14.3 Å². The second kappa shape index (κ2) is 8.46. The molecule has 0 saturated carbocycles. The predicted molar refractivity (Wildman–Crippen MR) is 112 cm³/mol. The number of anilines is 3. The third kappa shape index (κ3) is 4.13. The van der Waals surface area contributed by atoms with Gasteiger partial charge in [0.25, 0.3) is 0 Å². The predicted octanol–water partition coefficient (Wildman–Crippen LogP) is 2.84. The minimum atomic E-state index is -0.992. The summed E-state index contributed by atoms with van der Waals surface area (Å²) in [5, 5.41) is 14.5. The van der Waals surface area contributed by atoms with E-state index >= 15 is 0 Å². The molecule has 8 nitrogen and oxygen atoms in total. The normalized spacial score (nSPS) is 16.3. The molecule has 10 heteroatoms. The van der Waals surface area contributed by atoms with Gasteiger partial charge in [-0.3, -0.25) is 14.5 Å². The van der Waals surface area contributed by atoms with Crippen molar-refractivity contribution in [2.24, 2.45) is 0 Å². The fourth-order valence-corrected chi connectivity index (χ4v) is 4.78. The first-order chi connectivity index (χ1) is 13.3. The number of hydrogen-bond donors (Lipinski definition) is 2. The Bertz CT molecular complexity index is 870. The van der Waals surface area contributed by atoms with E-state index in [0.29, 0.717) is 34.0 Å². The zero-order valence-electron chi connectivity index (χ0n) is 16.2. The van der Waals surface area contributed by atoms with Crippen LogP contribution >= 0.6 is 23.1 Å². The highest BCUT2D eigenvalue weighted by Crippen LogP contribution is 2.39. The molecule has 2 heterocycles. The van der Waals surface area contributed by atoms with Gasteiger partial charge in [-0.15, -0.1) is 10.2 Å². The molecular weight excluding hydrogens is 398 g/mol. The Hall–Kier alpha value is -2.17. The number of para-hydroxylation sites is 2. The van der Waals surface area contributed by atoms with Crippen molar-refractivity contribution in [3.05, 3.63) is 24.3 Å². The molecule has 2 aromatic rings. The van der Waals surface area contributed by atoms with Crippen LogP contribution in [0.1, 0.15) is 20.8 Å².